The van der Waals surface area contributed by atoms with Crippen molar-refractivity contribution < 1.29 is 13.2 Å². The number of benzene rings is 1. The molecular weight excluding hydrogens is 312 g/mol. The molecule has 1 saturated heterocycles. The predicted molar refractivity (Wildman–Crippen MR) is 76.6 cm³/mol. The van der Waals surface area contributed by atoms with E-state index in [0.29, 0.717) is 10.6 Å². The molecule has 1 aliphatic heterocycles. The van der Waals surface area contributed by atoms with E-state index in [1.807, 2.05) is 6.92 Å². The lowest BCUT2D eigenvalue weighted by molar-refractivity contribution is -0.137. The van der Waals surface area contributed by atoms with Crippen molar-refractivity contribution in [2.75, 3.05) is 26.2 Å². The van der Waals surface area contributed by atoms with Gasteiger partial charge in [-0.25, -0.2) is 0 Å². The zero-order chi connectivity index (χ0) is 14.0. The van der Waals surface area contributed by atoms with Crippen LogP contribution in [-0.2, 0) is 6.18 Å². The van der Waals surface area contributed by atoms with Crippen LogP contribution < -0.4 is 5.32 Å². The third kappa shape index (κ3) is 4.01. The maximum atomic E-state index is 12.7. The Morgan fingerprint density at radius 2 is 1.85 bits per heavy atom. The van der Waals surface area contributed by atoms with Gasteiger partial charge in [-0.15, -0.1) is 12.4 Å². The maximum absolute atomic E-state index is 12.7. The Balaban J connectivity index is 0.00000200. The number of alkyl halides is 3. The van der Waals surface area contributed by atoms with Crippen LogP contribution in [0.1, 0.15) is 24.1 Å². The van der Waals surface area contributed by atoms with Gasteiger partial charge in [0.15, 0.2) is 0 Å². The molecule has 0 aliphatic carbocycles. The second-order valence-electron chi connectivity index (χ2n) is 4.70. The third-order valence-corrected chi connectivity index (χ3v) is 3.82. The first kappa shape index (κ1) is 17.6. The molecule has 0 bridgehead atoms. The number of hydrogen-bond donors (Lipinski definition) is 1. The Bertz CT molecular complexity index is 446. The molecule has 114 valence electrons. The second-order valence-corrected chi connectivity index (χ2v) is 5.10. The summed E-state index contributed by atoms with van der Waals surface area (Å²) in [7, 11) is 0. The van der Waals surface area contributed by atoms with Crippen LogP contribution in [0.25, 0.3) is 0 Å². The molecule has 1 atom stereocenters. The van der Waals surface area contributed by atoms with E-state index < -0.39 is 11.7 Å². The summed E-state index contributed by atoms with van der Waals surface area (Å²) in [5.74, 6) is 0. The molecule has 1 aliphatic rings. The van der Waals surface area contributed by atoms with Gasteiger partial charge >= 0.3 is 6.18 Å². The van der Waals surface area contributed by atoms with Crippen LogP contribution >= 0.6 is 24.0 Å². The zero-order valence-corrected chi connectivity index (χ0v) is 12.6. The number of nitrogens with zero attached hydrogens (tertiary/aromatic N) is 1. The summed E-state index contributed by atoms with van der Waals surface area (Å²) in [4.78, 5) is 2.14. The van der Waals surface area contributed by atoms with Crippen molar-refractivity contribution in [2.45, 2.75) is 19.1 Å². The van der Waals surface area contributed by atoms with Gasteiger partial charge in [0, 0.05) is 37.2 Å². The van der Waals surface area contributed by atoms with Crippen molar-refractivity contribution in [2.24, 2.45) is 0 Å². The SMILES string of the molecule is C[C@H](c1cc(C(F)(F)F)ccc1Cl)N1CCNCC1.Cl. The highest BCUT2D eigenvalue weighted by Crippen LogP contribution is 2.35. The molecule has 0 unspecified atom stereocenters. The van der Waals surface area contributed by atoms with Gasteiger partial charge in [0.05, 0.1) is 5.56 Å². The molecule has 20 heavy (non-hydrogen) atoms. The molecule has 1 aromatic carbocycles. The van der Waals surface area contributed by atoms with Crippen LogP contribution in [0.5, 0.6) is 0 Å². The Labute approximate surface area is 127 Å². The van der Waals surface area contributed by atoms with Gasteiger partial charge in [0.1, 0.15) is 0 Å². The van der Waals surface area contributed by atoms with Crippen LogP contribution in [0.3, 0.4) is 0 Å². The van der Waals surface area contributed by atoms with E-state index in [-0.39, 0.29) is 18.4 Å². The first-order chi connectivity index (χ1) is 8.89. The highest BCUT2D eigenvalue weighted by Gasteiger charge is 2.32. The molecule has 1 N–H and O–H groups in total. The van der Waals surface area contributed by atoms with Gasteiger partial charge in [-0.05, 0) is 30.7 Å². The summed E-state index contributed by atoms with van der Waals surface area (Å²) in [6.07, 6.45) is -4.33. The van der Waals surface area contributed by atoms with E-state index in [2.05, 4.69) is 10.2 Å². The largest absolute Gasteiger partial charge is 0.416 e. The lowest BCUT2D eigenvalue weighted by Gasteiger charge is -2.33. The standard InChI is InChI=1S/C13H16ClF3N2.ClH/c1-9(19-6-4-18-5-7-19)11-8-10(13(15,16)17)2-3-12(11)14;/h2-3,8-9,18H,4-7H2,1H3;1H/t9-;/m1./s1. The summed E-state index contributed by atoms with van der Waals surface area (Å²) in [6.45, 7) is 5.22. The molecule has 1 fully saturated rings. The fraction of sp³-hybridized carbons (Fsp3) is 0.538. The summed E-state index contributed by atoms with van der Waals surface area (Å²) >= 11 is 6.05. The maximum Gasteiger partial charge on any atom is 0.416 e. The average Bonchev–Trinajstić information content (AvgIpc) is 2.38. The fourth-order valence-corrected chi connectivity index (χ4v) is 2.58. The lowest BCUT2D eigenvalue weighted by Crippen LogP contribution is -2.44. The van der Waals surface area contributed by atoms with Crippen molar-refractivity contribution in [1.82, 2.24) is 10.2 Å². The summed E-state index contributed by atoms with van der Waals surface area (Å²) < 4.78 is 38.2. The van der Waals surface area contributed by atoms with Crippen molar-refractivity contribution >= 4 is 24.0 Å². The molecule has 0 aromatic heterocycles. The summed E-state index contributed by atoms with van der Waals surface area (Å²) in [6, 6.07) is 3.40. The van der Waals surface area contributed by atoms with Crippen molar-refractivity contribution in [1.29, 1.82) is 0 Å². The van der Waals surface area contributed by atoms with Crippen molar-refractivity contribution in [3.8, 4) is 0 Å². The molecule has 0 radical (unpaired) electrons. The van der Waals surface area contributed by atoms with Gasteiger partial charge in [0.25, 0.3) is 0 Å². The van der Waals surface area contributed by atoms with E-state index >= 15 is 0 Å². The number of hydrogen-bond acceptors (Lipinski definition) is 2. The fourth-order valence-electron chi connectivity index (χ4n) is 2.31. The molecular formula is C13H17Cl2F3N2. The Morgan fingerprint density at radius 3 is 2.40 bits per heavy atom. The van der Waals surface area contributed by atoms with Crippen molar-refractivity contribution in [3.63, 3.8) is 0 Å². The quantitative estimate of drug-likeness (QED) is 0.889. The van der Waals surface area contributed by atoms with E-state index in [1.165, 1.54) is 6.07 Å². The highest BCUT2D eigenvalue weighted by atomic mass is 35.5. The Morgan fingerprint density at radius 1 is 1.25 bits per heavy atom. The van der Waals surface area contributed by atoms with Gasteiger partial charge in [-0.1, -0.05) is 11.6 Å². The molecule has 7 heteroatoms. The Hall–Kier alpha value is -0.490. The Kier molecular flexibility index (Phi) is 6.13. The van der Waals surface area contributed by atoms with Crippen LogP contribution in [0.4, 0.5) is 13.2 Å². The third-order valence-electron chi connectivity index (χ3n) is 3.47. The second kappa shape index (κ2) is 6.98. The van der Waals surface area contributed by atoms with E-state index in [9.17, 15) is 13.2 Å². The van der Waals surface area contributed by atoms with E-state index in [0.717, 1.165) is 38.3 Å². The monoisotopic (exact) mass is 328 g/mol. The van der Waals surface area contributed by atoms with E-state index in [4.69, 9.17) is 11.6 Å². The normalized spacial score (nSPS) is 18.4. The lowest BCUT2D eigenvalue weighted by atomic mass is 10.0. The first-order valence-corrected chi connectivity index (χ1v) is 6.59. The molecule has 0 amide bonds. The molecule has 2 nitrogen and oxygen atoms in total. The van der Waals surface area contributed by atoms with Crippen molar-refractivity contribution in [3.05, 3.63) is 34.3 Å². The van der Waals surface area contributed by atoms with Gasteiger partial charge in [0.2, 0.25) is 0 Å². The molecule has 1 heterocycles. The molecule has 0 saturated carbocycles. The topological polar surface area (TPSA) is 15.3 Å². The number of halogens is 5. The zero-order valence-electron chi connectivity index (χ0n) is 11.0. The minimum absolute atomic E-state index is 0. The van der Waals surface area contributed by atoms with Gasteiger partial charge in [-0.3, -0.25) is 4.90 Å². The average molecular weight is 329 g/mol. The highest BCUT2D eigenvalue weighted by molar-refractivity contribution is 6.31. The summed E-state index contributed by atoms with van der Waals surface area (Å²) in [5.41, 5.74) is -0.104. The number of rotatable bonds is 2. The smallest absolute Gasteiger partial charge is 0.314 e. The summed E-state index contributed by atoms with van der Waals surface area (Å²) in [5, 5.41) is 3.60. The van der Waals surface area contributed by atoms with Crippen LogP contribution in [0.2, 0.25) is 5.02 Å². The molecule has 1 aromatic rings. The van der Waals surface area contributed by atoms with Gasteiger partial charge in [-0.2, -0.15) is 13.2 Å². The molecule has 0 spiro atoms. The number of piperazine rings is 1. The minimum Gasteiger partial charge on any atom is -0.314 e. The van der Waals surface area contributed by atoms with Crippen LogP contribution in [0, 0.1) is 0 Å². The minimum atomic E-state index is -4.33. The van der Waals surface area contributed by atoms with Crippen LogP contribution in [-0.4, -0.2) is 31.1 Å². The molecule has 2 rings (SSSR count). The first-order valence-electron chi connectivity index (χ1n) is 6.21. The van der Waals surface area contributed by atoms with Crippen LogP contribution in [0.15, 0.2) is 18.2 Å². The number of nitrogens with one attached hydrogen (secondary N) is 1. The van der Waals surface area contributed by atoms with Gasteiger partial charge < -0.3 is 5.32 Å². The predicted octanol–water partition coefficient (Wildman–Crippen LogP) is 3.75. The van der Waals surface area contributed by atoms with E-state index in [1.54, 1.807) is 0 Å².